The Bertz CT molecular complexity index is 537. The SMILES string of the molecule is CCO[C@@H]1COC[C@H]1NC(=O)C1CC(c2ccc(O)cc2)NN1. The maximum atomic E-state index is 12.4. The van der Waals surface area contributed by atoms with Crippen molar-refractivity contribution in [1.29, 1.82) is 0 Å². The number of hydrazine groups is 1. The molecule has 7 heteroatoms. The van der Waals surface area contributed by atoms with Gasteiger partial charge in [0.05, 0.1) is 19.3 Å². The minimum absolute atomic E-state index is 0.0360. The molecule has 0 bridgehead atoms. The van der Waals surface area contributed by atoms with Crippen LogP contribution < -0.4 is 16.2 Å². The molecule has 1 amide bonds. The Morgan fingerprint density at radius 3 is 2.87 bits per heavy atom. The van der Waals surface area contributed by atoms with Gasteiger partial charge in [0.2, 0.25) is 5.91 Å². The Balaban J connectivity index is 1.54. The molecule has 0 spiro atoms. The normalized spacial score (nSPS) is 30.5. The zero-order chi connectivity index (χ0) is 16.2. The predicted octanol–water partition coefficient (Wildman–Crippen LogP) is 0.220. The average molecular weight is 321 g/mol. The molecule has 23 heavy (non-hydrogen) atoms. The van der Waals surface area contributed by atoms with Crippen molar-refractivity contribution in [3.63, 3.8) is 0 Å². The first kappa shape index (κ1) is 16.2. The first-order valence-electron chi connectivity index (χ1n) is 7.97. The van der Waals surface area contributed by atoms with Crippen molar-refractivity contribution in [2.45, 2.75) is 37.6 Å². The summed E-state index contributed by atoms with van der Waals surface area (Å²) in [6, 6.07) is 6.62. The van der Waals surface area contributed by atoms with E-state index in [1.807, 2.05) is 19.1 Å². The Morgan fingerprint density at radius 2 is 2.13 bits per heavy atom. The molecule has 0 aliphatic carbocycles. The second-order valence-electron chi connectivity index (χ2n) is 5.87. The number of ether oxygens (including phenoxy) is 2. The monoisotopic (exact) mass is 321 g/mol. The summed E-state index contributed by atoms with van der Waals surface area (Å²) in [7, 11) is 0. The zero-order valence-corrected chi connectivity index (χ0v) is 13.1. The van der Waals surface area contributed by atoms with Gasteiger partial charge in [0, 0.05) is 12.6 Å². The quantitative estimate of drug-likeness (QED) is 0.620. The summed E-state index contributed by atoms with van der Waals surface area (Å²) in [5.74, 6) is 0.177. The third-order valence-electron chi connectivity index (χ3n) is 4.25. The smallest absolute Gasteiger partial charge is 0.238 e. The molecule has 4 atom stereocenters. The molecule has 4 N–H and O–H groups in total. The molecule has 1 aromatic rings. The Hall–Kier alpha value is -1.67. The highest BCUT2D eigenvalue weighted by Gasteiger charge is 2.35. The zero-order valence-electron chi connectivity index (χ0n) is 13.1. The lowest BCUT2D eigenvalue weighted by Crippen LogP contribution is -2.50. The topological polar surface area (TPSA) is 91.9 Å². The Labute approximate surface area is 135 Å². The lowest BCUT2D eigenvalue weighted by Gasteiger charge is -2.20. The number of hydrogen-bond donors (Lipinski definition) is 4. The van der Waals surface area contributed by atoms with Crippen LogP contribution in [0.5, 0.6) is 5.75 Å². The molecular weight excluding hydrogens is 298 g/mol. The number of phenolic OH excluding ortho intramolecular Hbond substituents is 1. The van der Waals surface area contributed by atoms with Crippen molar-refractivity contribution in [1.82, 2.24) is 16.2 Å². The second kappa shape index (κ2) is 7.27. The number of hydrogen-bond acceptors (Lipinski definition) is 6. The fraction of sp³-hybridized carbons (Fsp3) is 0.562. The summed E-state index contributed by atoms with van der Waals surface area (Å²) < 4.78 is 11.0. The van der Waals surface area contributed by atoms with Crippen LogP contribution in [0.1, 0.15) is 24.9 Å². The standard InChI is InChI=1S/C16H23N3O4/c1-2-23-15-9-22-8-14(15)17-16(21)13-7-12(18-19-13)10-3-5-11(20)6-4-10/h3-6,12-15,18-20H,2,7-9H2,1H3,(H,17,21)/t12?,13?,14-,15-/m1/s1. The predicted molar refractivity (Wildman–Crippen MR) is 83.7 cm³/mol. The molecular formula is C16H23N3O4. The molecule has 2 saturated heterocycles. The molecule has 0 saturated carbocycles. The van der Waals surface area contributed by atoms with E-state index < -0.39 is 0 Å². The maximum Gasteiger partial charge on any atom is 0.238 e. The van der Waals surface area contributed by atoms with Crippen LogP contribution >= 0.6 is 0 Å². The summed E-state index contributed by atoms with van der Waals surface area (Å²) >= 11 is 0. The number of benzene rings is 1. The van der Waals surface area contributed by atoms with Crippen LogP contribution in [0.25, 0.3) is 0 Å². The van der Waals surface area contributed by atoms with Crippen LogP contribution in [-0.4, -0.2) is 49.0 Å². The molecule has 3 rings (SSSR count). The van der Waals surface area contributed by atoms with E-state index in [2.05, 4.69) is 16.2 Å². The molecule has 126 valence electrons. The molecule has 2 heterocycles. The lowest BCUT2D eigenvalue weighted by molar-refractivity contribution is -0.124. The van der Waals surface area contributed by atoms with Crippen molar-refractivity contribution < 1.29 is 19.4 Å². The number of phenols is 1. The highest BCUT2D eigenvalue weighted by molar-refractivity contribution is 5.82. The number of amides is 1. The van der Waals surface area contributed by atoms with E-state index in [1.165, 1.54) is 0 Å². The van der Waals surface area contributed by atoms with Crippen LogP contribution in [0.2, 0.25) is 0 Å². The van der Waals surface area contributed by atoms with Gasteiger partial charge in [0.1, 0.15) is 17.9 Å². The van der Waals surface area contributed by atoms with Crippen LogP contribution in [-0.2, 0) is 14.3 Å². The van der Waals surface area contributed by atoms with Crippen LogP contribution in [0.3, 0.4) is 0 Å². The Kier molecular flexibility index (Phi) is 5.12. The third-order valence-corrected chi connectivity index (χ3v) is 4.25. The van der Waals surface area contributed by atoms with Gasteiger partial charge in [-0.2, -0.15) is 0 Å². The molecule has 7 nitrogen and oxygen atoms in total. The molecule has 2 aliphatic rings. The van der Waals surface area contributed by atoms with Gasteiger partial charge in [-0.05, 0) is 31.0 Å². The Morgan fingerprint density at radius 1 is 1.35 bits per heavy atom. The van der Waals surface area contributed by atoms with Crippen molar-refractivity contribution in [2.24, 2.45) is 0 Å². The van der Waals surface area contributed by atoms with Gasteiger partial charge in [-0.25, -0.2) is 10.9 Å². The maximum absolute atomic E-state index is 12.4. The highest BCUT2D eigenvalue weighted by Crippen LogP contribution is 2.24. The largest absolute Gasteiger partial charge is 0.508 e. The van der Waals surface area contributed by atoms with E-state index in [0.717, 1.165) is 5.56 Å². The first-order chi connectivity index (χ1) is 11.2. The van der Waals surface area contributed by atoms with Crippen LogP contribution in [0, 0.1) is 0 Å². The number of carbonyl (C=O) groups excluding carboxylic acids is 1. The number of nitrogens with one attached hydrogen (secondary N) is 3. The number of rotatable bonds is 5. The average Bonchev–Trinajstić information content (AvgIpc) is 3.18. The number of carbonyl (C=O) groups is 1. The van der Waals surface area contributed by atoms with E-state index in [9.17, 15) is 9.90 Å². The van der Waals surface area contributed by atoms with E-state index in [0.29, 0.717) is 26.2 Å². The summed E-state index contributed by atoms with van der Waals surface area (Å²) in [4.78, 5) is 12.4. The van der Waals surface area contributed by atoms with Gasteiger partial charge < -0.3 is 19.9 Å². The molecule has 0 radical (unpaired) electrons. The van der Waals surface area contributed by atoms with Crippen LogP contribution in [0.15, 0.2) is 24.3 Å². The van der Waals surface area contributed by atoms with Crippen LogP contribution in [0.4, 0.5) is 0 Å². The van der Waals surface area contributed by atoms with Gasteiger partial charge in [0.25, 0.3) is 0 Å². The van der Waals surface area contributed by atoms with Crippen molar-refractivity contribution in [3.8, 4) is 5.75 Å². The van der Waals surface area contributed by atoms with E-state index in [4.69, 9.17) is 9.47 Å². The highest BCUT2D eigenvalue weighted by atomic mass is 16.5. The van der Waals surface area contributed by atoms with E-state index in [-0.39, 0.29) is 35.9 Å². The summed E-state index contributed by atoms with van der Waals surface area (Å²) in [5.41, 5.74) is 7.19. The van der Waals surface area contributed by atoms with Gasteiger partial charge in [0.15, 0.2) is 0 Å². The summed E-state index contributed by atoms with van der Waals surface area (Å²) in [6.45, 7) is 3.54. The molecule has 1 aromatic carbocycles. The van der Waals surface area contributed by atoms with E-state index in [1.54, 1.807) is 12.1 Å². The molecule has 2 fully saturated rings. The first-order valence-corrected chi connectivity index (χ1v) is 7.97. The fourth-order valence-corrected chi connectivity index (χ4v) is 2.98. The minimum atomic E-state index is -0.309. The van der Waals surface area contributed by atoms with Crippen molar-refractivity contribution in [2.75, 3.05) is 19.8 Å². The van der Waals surface area contributed by atoms with Gasteiger partial charge in [-0.15, -0.1) is 0 Å². The van der Waals surface area contributed by atoms with Gasteiger partial charge in [-0.1, -0.05) is 12.1 Å². The lowest BCUT2D eigenvalue weighted by atomic mass is 10.0. The van der Waals surface area contributed by atoms with Crippen molar-refractivity contribution >= 4 is 5.91 Å². The third kappa shape index (κ3) is 3.81. The summed E-state index contributed by atoms with van der Waals surface area (Å²) in [5, 5.41) is 12.3. The van der Waals surface area contributed by atoms with Crippen molar-refractivity contribution in [3.05, 3.63) is 29.8 Å². The minimum Gasteiger partial charge on any atom is -0.508 e. The second-order valence-corrected chi connectivity index (χ2v) is 5.87. The number of aromatic hydroxyl groups is 1. The van der Waals surface area contributed by atoms with Gasteiger partial charge >= 0.3 is 0 Å². The fourth-order valence-electron chi connectivity index (χ4n) is 2.98. The molecule has 0 aromatic heterocycles. The molecule has 2 aliphatic heterocycles. The molecule has 2 unspecified atom stereocenters. The summed E-state index contributed by atoms with van der Waals surface area (Å²) in [6.07, 6.45) is 0.565. The van der Waals surface area contributed by atoms with E-state index >= 15 is 0 Å². The van der Waals surface area contributed by atoms with Gasteiger partial charge in [-0.3, -0.25) is 4.79 Å².